The van der Waals surface area contributed by atoms with E-state index >= 15 is 0 Å². The minimum absolute atomic E-state index is 0.285. The maximum absolute atomic E-state index is 2.44. The van der Waals surface area contributed by atoms with E-state index in [4.69, 9.17) is 0 Å². The average molecular weight is 488 g/mol. The van der Waals surface area contributed by atoms with Crippen LogP contribution >= 0.6 is 11.3 Å². The molecular formula is C35H21NS. The maximum Gasteiger partial charge on any atom is 0.0734 e. The van der Waals surface area contributed by atoms with Gasteiger partial charge in [-0.1, -0.05) is 91.0 Å². The second kappa shape index (κ2) is 6.88. The Morgan fingerprint density at radius 2 is 1.22 bits per heavy atom. The zero-order valence-corrected chi connectivity index (χ0v) is 20.8. The highest BCUT2D eigenvalue weighted by Gasteiger charge is 2.52. The van der Waals surface area contributed by atoms with E-state index in [1.54, 1.807) is 0 Å². The van der Waals surface area contributed by atoms with Crippen LogP contribution in [0.1, 0.15) is 22.3 Å². The van der Waals surface area contributed by atoms with Gasteiger partial charge in [-0.15, -0.1) is 11.3 Å². The third-order valence-electron chi connectivity index (χ3n) is 8.49. The Labute approximate surface area is 218 Å². The quantitative estimate of drug-likeness (QED) is 0.229. The summed E-state index contributed by atoms with van der Waals surface area (Å²) in [7, 11) is 0. The normalized spacial score (nSPS) is 16.8. The molecule has 37 heavy (non-hydrogen) atoms. The van der Waals surface area contributed by atoms with Gasteiger partial charge in [0, 0.05) is 21.3 Å². The summed E-state index contributed by atoms with van der Waals surface area (Å²) in [5.74, 6) is 0. The van der Waals surface area contributed by atoms with Crippen molar-refractivity contribution >= 4 is 33.1 Å². The number of hydrogen-bond donors (Lipinski definition) is 0. The Balaban J connectivity index is 1.40. The summed E-state index contributed by atoms with van der Waals surface area (Å²) in [4.78, 5) is 1.41. The average Bonchev–Trinajstić information content (AvgIpc) is 3.70. The molecule has 5 aromatic carbocycles. The summed E-state index contributed by atoms with van der Waals surface area (Å²) in [5.41, 5.74) is 13.1. The van der Waals surface area contributed by atoms with Crippen LogP contribution in [0.25, 0.3) is 49.1 Å². The summed E-state index contributed by atoms with van der Waals surface area (Å²) in [6, 6.07) is 45.0. The third kappa shape index (κ3) is 2.26. The van der Waals surface area contributed by atoms with E-state index in [1.807, 2.05) is 11.3 Å². The summed E-state index contributed by atoms with van der Waals surface area (Å²) in [5, 5.41) is 4.85. The van der Waals surface area contributed by atoms with E-state index in [1.165, 1.54) is 71.3 Å². The van der Waals surface area contributed by atoms with Gasteiger partial charge in [0.25, 0.3) is 0 Å². The van der Waals surface area contributed by atoms with Gasteiger partial charge in [0.1, 0.15) is 0 Å². The van der Waals surface area contributed by atoms with Crippen molar-refractivity contribution in [3.8, 4) is 27.3 Å². The van der Waals surface area contributed by atoms with Crippen LogP contribution in [-0.2, 0) is 5.41 Å². The highest BCUT2D eigenvalue weighted by molar-refractivity contribution is 7.14. The van der Waals surface area contributed by atoms with Crippen LogP contribution in [0, 0.1) is 0 Å². The number of benzene rings is 5. The number of aromatic nitrogens is 1. The fourth-order valence-corrected chi connectivity index (χ4v) is 8.16. The second-order valence-electron chi connectivity index (χ2n) is 10.1. The first-order valence-corrected chi connectivity index (χ1v) is 13.7. The molecule has 1 atom stereocenters. The molecule has 0 spiro atoms. The highest BCUT2D eigenvalue weighted by atomic mass is 32.1. The number of para-hydroxylation sites is 2. The van der Waals surface area contributed by atoms with E-state index in [0.29, 0.717) is 0 Å². The van der Waals surface area contributed by atoms with Crippen molar-refractivity contribution in [1.29, 1.82) is 0 Å². The van der Waals surface area contributed by atoms with Crippen molar-refractivity contribution in [1.82, 2.24) is 4.57 Å². The van der Waals surface area contributed by atoms with Crippen molar-refractivity contribution in [3.05, 3.63) is 149 Å². The molecule has 2 aliphatic carbocycles. The molecule has 9 rings (SSSR count). The summed E-state index contributed by atoms with van der Waals surface area (Å²) >= 11 is 1.87. The van der Waals surface area contributed by atoms with Crippen molar-refractivity contribution < 1.29 is 0 Å². The molecule has 0 aliphatic heterocycles. The predicted octanol–water partition coefficient (Wildman–Crippen LogP) is 9.19. The molecule has 0 amide bonds. The predicted molar refractivity (Wildman–Crippen MR) is 155 cm³/mol. The number of hydrogen-bond acceptors (Lipinski definition) is 1. The monoisotopic (exact) mass is 487 g/mol. The first kappa shape index (κ1) is 19.7. The molecule has 2 aliphatic rings. The Hall–Kier alpha value is -4.40. The van der Waals surface area contributed by atoms with Crippen molar-refractivity contribution in [3.63, 3.8) is 0 Å². The first-order chi connectivity index (χ1) is 18.4. The lowest BCUT2D eigenvalue weighted by atomic mass is 9.71. The molecule has 1 nitrogen and oxygen atoms in total. The molecule has 7 aromatic rings. The van der Waals surface area contributed by atoms with Gasteiger partial charge in [0.15, 0.2) is 0 Å². The lowest BCUT2D eigenvalue weighted by Crippen LogP contribution is -2.25. The molecule has 0 saturated carbocycles. The number of rotatable bonds is 2. The molecule has 1 unspecified atom stereocenters. The van der Waals surface area contributed by atoms with Gasteiger partial charge < -0.3 is 4.57 Å². The standard InChI is InChI=1S/C35H21NS/c1-4-16-29-24(11-1)27-14-8-15-28-33(27)35(29,30-19-20-37-34(28)30)22-9-7-10-23(21-22)36-31-17-5-2-12-25(31)26-13-3-6-18-32(26)36/h1-21H. The zero-order valence-electron chi connectivity index (χ0n) is 20.0. The van der Waals surface area contributed by atoms with Crippen LogP contribution in [0.5, 0.6) is 0 Å². The van der Waals surface area contributed by atoms with Gasteiger partial charge >= 0.3 is 0 Å². The van der Waals surface area contributed by atoms with Gasteiger partial charge in [-0.3, -0.25) is 0 Å². The molecule has 2 heterocycles. The topological polar surface area (TPSA) is 4.93 Å². The largest absolute Gasteiger partial charge is 0.309 e. The van der Waals surface area contributed by atoms with Gasteiger partial charge in [-0.05, 0) is 74.7 Å². The minimum atomic E-state index is -0.285. The van der Waals surface area contributed by atoms with Crippen LogP contribution in [-0.4, -0.2) is 4.57 Å². The zero-order chi connectivity index (χ0) is 24.1. The Morgan fingerprint density at radius 3 is 2.05 bits per heavy atom. The van der Waals surface area contributed by atoms with Gasteiger partial charge in [0.2, 0.25) is 0 Å². The fourth-order valence-electron chi connectivity index (χ4n) is 7.18. The van der Waals surface area contributed by atoms with Crippen LogP contribution in [0.3, 0.4) is 0 Å². The third-order valence-corrected chi connectivity index (χ3v) is 9.44. The lowest BCUT2D eigenvalue weighted by Gasteiger charge is -2.30. The summed E-state index contributed by atoms with van der Waals surface area (Å²) in [6.07, 6.45) is 0. The molecule has 0 fully saturated rings. The lowest BCUT2D eigenvalue weighted by molar-refractivity contribution is 0.793. The van der Waals surface area contributed by atoms with Crippen molar-refractivity contribution in [2.24, 2.45) is 0 Å². The van der Waals surface area contributed by atoms with E-state index in [2.05, 4.69) is 131 Å². The SMILES string of the molecule is c1cc(-n2c3ccccc3c3ccccc32)cc(C23c4ccccc4-c4cccc(c42)-c2sccc23)c1. The van der Waals surface area contributed by atoms with Crippen LogP contribution in [0.15, 0.2) is 127 Å². The van der Waals surface area contributed by atoms with Crippen LogP contribution in [0.2, 0.25) is 0 Å². The van der Waals surface area contributed by atoms with Gasteiger partial charge in [-0.25, -0.2) is 0 Å². The molecule has 0 radical (unpaired) electrons. The van der Waals surface area contributed by atoms with Crippen LogP contribution < -0.4 is 0 Å². The van der Waals surface area contributed by atoms with Crippen LogP contribution in [0.4, 0.5) is 0 Å². The first-order valence-electron chi connectivity index (χ1n) is 12.8. The molecule has 2 aromatic heterocycles. The Morgan fingerprint density at radius 1 is 0.541 bits per heavy atom. The number of nitrogens with zero attached hydrogens (tertiary/aromatic N) is 1. The fraction of sp³-hybridized carbons (Fsp3) is 0.0286. The molecular weight excluding hydrogens is 466 g/mol. The summed E-state index contributed by atoms with van der Waals surface area (Å²) < 4.78 is 2.43. The van der Waals surface area contributed by atoms with Crippen molar-refractivity contribution in [2.45, 2.75) is 5.41 Å². The maximum atomic E-state index is 2.44. The van der Waals surface area contributed by atoms with E-state index in [0.717, 1.165) is 0 Å². The van der Waals surface area contributed by atoms with E-state index in [9.17, 15) is 0 Å². The molecule has 2 heteroatoms. The number of fused-ring (bicyclic) bond motifs is 9. The molecule has 0 bridgehead atoms. The van der Waals surface area contributed by atoms with Gasteiger partial charge in [0.05, 0.1) is 16.4 Å². The summed E-state index contributed by atoms with van der Waals surface area (Å²) in [6.45, 7) is 0. The molecule has 0 saturated heterocycles. The van der Waals surface area contributed by atoms with E-state index < -0.39 is 0 Å². The Bertz CT molecular complexity index is 2000. The van der Waals surface area contributed by atoms with E-state index in [-0.39, 0.29) is 5.41 Å². The minimum Gasteiger partial charge on any atom is -0.309 e. The van der Waals surface area contributed by atoms with Crippen molar-refractivity contribution in [2.75, 3.05) is 0 Å². The smallest absolute Gasteiger partial charge is 0.0734 e. The highest BCUT2D eigenvalue weighted by Crippen LogP contribution is 2.65. The Kier molecular flexibility index (Phi) is 3.67. The van der Waals surface area contributed by atoms with Gasteiger partial charge in [-0.2, -0.15) is 0 Å². The molecule has 172 valence electrons. The molecule has 0 N–H and O–H groups in total. The number of thiophene rings is 1. The second-order valence-corrected chi connectivity index (χ2v) is 11.0.